The summed E-state index contributed by atoms with van der Waals surface area (Å²) in [7, 11) is 0. The summed E-state index contributed by atoms with van der Waals surface area (Å²) >= 11 is 2.36. The van der Waals surface area contributed by atoms with Gasteiger partial charge in [0.15, 0.2) is 0 Å². The molecule has 0 heterocycles. The van der Waals surface area contributed by atoms with Gasteiger partial charge < -0.3 is 0 Å². The van der Waals surface area contributed by atoms with E-state index in [2.05, 4.69) is 129 Å². The van der Waals surface area contributed by atoms with Crippen LogP contribution in [-0.2, 0) is 5.41 Å². The van der Waals surface area contributed by atoms with Crippen molar-refractivity contribution in [2.75, 3.05) is 0 Å². The minimum atomic E-state index is -0.0937. The van der Waals surface area contributed by atoms with Crippen molar-refractivity contribution in [2.45, 2.75) is 26.2 Å². The Labute approximate surface area is 176 Å². The Balaban J connectivity index is 2.16. The maximum Gasteiger partial charge on any atom is 0.00849 e. The first-order valence-corrected chi connectivity index (χ1v) is 10.3. The number of rotatable bonds is 5. The number of hydrogen-bond donors (Lipinski definition) is 0. The smallest absolute Gasteiger partial charge is 0.00849 e. The third kappa shape index (κ3) is 4.24. The first kappa shape index (κ1) is 19.6. The summed E-state index contributed by atoms with van der Waals surface area (Å²) in [6.45, 7) is 10.6. The van der Waals surface area contributed by atoms with Crippen molar-refractivity contribution in [1.29, 1.82) is 0 Å². The number of halogens is 1. The first-order valence-electron chi connectivity index (χ1n) is 9.22. The van der Waals surface area contributed by atoms with Crippen molar-refractivity contribution in [3.05, 3.63) is 100 Å². The van der Waals surface area contributed by atoms with E-state index in [4.69, 9.17) is 0 Å². The fraction of sp³-hybridized carbons (Fsp3) is 0.154. The van der Waals surface area contributed by atoms with Crippen LogP contribution >= 0.6 is 22.6 Å². The van der Waals surface area contributed by atoms with Crippen LogP contribution in [0.25, 0.3) is 28.0 Å². The Morgan fingerprint density at radius 1 is 1.00 bits per heavy atom. The zero-order chi connectivity index (χ0) is 19.4. The number of benzene rings is 3. The highest BCUT2D eigenvalue weighted by Gasteiger charge is 2.21. The second kappa shape index (κ2) is 8.26. The van der Waals surface area contributed by atoms with Crippen LogP contribution in [0.15, 0.2) is 89.1 Å². The Morgan fingerprint density at radius 2 is 1.74 bits per heavy atom. The summed E-state index contributed by atoms with van der Waals surface area (Å²) in [6, 6.07) is 21.8. The molecule has 0 N–H and O–H groups in total. The van der Waals surface area contributed by atoms with Crippen LogP contribution < -0.4 is 0 Å². The van der Waals surface area contributed by atoms with E-state index in [1.807, 2.05) is 6.08 Å². The van der Waals surface area contributed by atoms with Gasteiger partial charge in [0.2, 0.25) is 0 Å². The fourth-order valence-corrected chi connectivity index (χ4v) is 3.59. The Hall–Kier alpha value is -2.13. The lowest BCUT2D eigenvalue weighted by molar-refractivity contribution is 0.668. The SMILES string of the molecule is C=Cc1ccc(-c2cccc3ccccc23)cc1C(C)(C)/C=C/C(I)=C\C. The van der Waals surface area contributed by atoms with E-state index in [9.17, 15) is 0 Å². The molecule has 27 heavy (non-hydrogen) atoms. The van der Waals surface area contributed by atoms with Gasteiger partial charge in [-0.3, -0.25) is 0 Å². The lowest BCUT2D eigenvalue weighted by Gasteiger charge is -2.25. The summed E-state index contributed by atoms with van der Waals surface area (Å²) in [6.07, 6.45) is 8.55. The highest BCUT2D eigenvalue weighted by molar-refractivity contribution is 14.1. The largest absolute Gasteiger partial charge is 0.0985 e. The van der Waals surface area contributed by atoms with E-state index in [0.717, 1.165) is 0 Å². The Morgan fingerprint density at radius 3 is 2.48 bits per heavy atom. The lowest BCUT2D eigenvalue weighted by Crippen LogP contribution is -2.15. The zero-order valence-electron chi connectivity index (χ0n) is 16.2. The molecule has 3 rings (SSSR count). The molecule has 1 heteroatoms. The van der Waals surface area contributed by atoms with Gasteiger partial charge in [-0.1, -0.05) is 99.3 Å². The van der Waals surface area contributed by atoms with Gasteiger partial charge in [-0.2, -0.15) is 0 Å². The van der Waals surface area contributed by atoms with Crippen LogP contribution in [0.2, 0.25) is 0 Å². The number of allylic oxidation sites excluding steroid dienone is 4. The lowest BCUT2D eigenvalue weighted by atomic mass is 9.79. The Bertz CT molecular complexity index is 1030. The summed E-state index contributed by atoms with van der Waals surface area (Å²) < 4.78 is 1.24. The molecule has 0 amide bonds. The van der Waals surface area contributed by atoms with Gasteiger partial charge in [-0.05, 0) is 68.6 Å². The van der Waals surface area contributed by atoms with Crippen molar-refractivity contribution in [1.82, 2.24) is 0 Å². The molecule has 0 saturated carbocycles. The fourth-order valence-electron chi connectivity index (χ4n) is 3.41. The summed E-state index contributed by atoms with van der Waals surface area (Å²) in [5.74, 6) is 0. The summed E-state index contributed by atoms with van der Waals surface area (Å²) in [5, 5.41) is 2.56. The van der Waals surface area contributed by atoms with Crippen LogP contribution in [0.4, 0.5) is 0 Å². The van der Waals surface area contributed by atoms with E-state index >= 15 is 0 Å². The molecule has 0 atom stereocenters. The normalized spacial score (nSPS) is 12.7. The van der Waals surface area contributed by atoms with E-state index in [1.165, 1.54) is 36.6 Å². The van der Waals surface area contributed by atoms with Gasteiger partial charge in [0, 0.05) is 8.99 Å². The molecule has 0 radical (unpaired) electrons. The molecule has 0 aliphatic rings. The predicted octanol–water partition coefficient (Wildman–Crippen LogP) is 8.32. The molecular formula is C26H25I. The van der Waals surface area contributed by atoms with E-state index < -0.39 is 0 Å². The molecule has 0 aliphatic carbocycles. The summed E-state index contributed by atoms with van der Waals surface area (Å²) in [4.78, 5) is 0. The van der Waals surface area contributed by atoms with E-state index in [1.54, 1.807) is 0 Å². The van der Waals surface area contributed by atoms with Crippen molar-refractivity contribution in [2.24, 2.45) is 0 Å². The zero-order valence-corrected chi connectivity index (χ0v) is 18.3. The van der Waals surface area contributed by atoms with E-state index in [0.29, 0.717) is 0 Å². The molecular weight excluding hydrogens is 439 g/mol. The quantitative estimate of drug-likeness (QED) is 0.263. The minimum absolute atomic E-state index is 0.0937. The van der Waals surface area contributed by atoms with Crippen LogP contribution in [0, 0.1) is 0 Å². The van der Waals surface area contributed by atoms with Gasteiger partial charge in [0.05, 0.1) is 0 Å². The molecule has 0 spiro atoms. The standard InChI is InChI=1S/C26H25I/c1-5-19-14-15-21(18-25(19)26(3,4)17-16-22(27)6-2)24-13-9-11-20-10-7-8-12-23(20)24/h5-18H,1H2,2-4H3/b17-16+,22-6+. The second-order valence-electron chi connectivity index (χ2n) is 7.26. The first-order chi connectivity index (χ1) is 13.0. The molecule has 3 aromatic rings. The van der Waals surface area contributed by atoms with Crippen LogP contribution in [-0.4, -0.2) is 0 Å². The molecule has 0 unspecified atom stereocenters. The number of hydrogen-bond acceptors (Lipinski definition) is 0. The average molecular weight is 464 g/mol. The predicted molar refractivity (Wildman–Crippen MR) is 129 cm³/mol. The van der Waals surface area contributed by atoms with Crippen LogP contribution in [0.5, 0.6) is 0 Å². The van der Waals surface area contributed by atoms with Gasteiger partial charge in [0.25, 0.3) is 0 Å². The van der Waals surface area contributed by atoms with Crippen molar-refractivity contribution in [3.63, 3.8) is 0 Å². The second-order valence-corrected chi connectivity index (χ2v) is 8.51. The molecule has 0 saturated heterocycles. The van der Waals surface area contributed by atoms with E-state index in [-0.39, 0.29) is 5.41 Å². The molecule has 0 nitrogen and oxygen atoms in total. The minimum Gasteiger partial charge on any atom is -0.0985 e. The molecule has 0 aliphatic heterocycles. The maximum atomic E-state index is 4.03. The topological polar surface area (TPSA) is 0 Å². The molecule has 0 fully saturated rings. The average Bonchev–Trinajstić information content (AvgIpc) is 2.71. The third-order valence-electron chi connectivity index (χ3n) is 5.00. The Kier molecular flexibility index (Phi) is 6.01. The van der Waals surface area contributed by atoms with Gasteiger partial charge >= 0.3 is 0 Å². The highest BCUT2D eigenvalue weighted by Crippen LogP contribution is 2.35. The van der Waals surface area contributed by atoms with Crippen molar-refractivity contribution in [3.8, 4) is 11.1 Å². The van der Waals surface area contributed by atoms with Crippen molar-refractivity contribution >= 4 is 39.4 Å². The summed E-state index contributed by atoms with van der Waals surface area (Å²) in [5.41, 5.74) is 4.90. The van der Waals surface area contributed by atoms with Gasteiger partial charge in [-0.25, -0.2) is 0 Å². The monoisotopic (exact) mass is 464 g/mol. The van der Waals surface area contributed by atoms with Crippen LogP contribution in [0.1, 0.15) is 31.9 Å². The third-order valence-corrected chi connectivity index (χ3v) is 5.99. The van der Waals surface area contributed by atoms with Gasteiger partial charge in [0.1, 0.15) is 0 Å². The molecule has 0 aromatic heterocycles. The number of fused-ring (bicyclic) bond motifs is 1. The molecule has 0 bridgehead atoms. The van der Waals surface area contributed by atoms with Crippen LogP contribution in [0.3, 0.4) is 0 Å². The maximum absolute atomic E-state index is 4.03. The molecule has 136 valence electrons. The highest BCUT2D eigenvalue weighted by atomic mass is 127. The van der Waals surface area contributed by atoms with Crippen molar-refractivity contribution < 1.29 is 0 Å². The molecule has 3 aromatic carbocycles. The van der Waals surface area contributed by atoms with Gasteiger partial charge in [-0.15, -0.1) is 0 Å².